The number of carbonyl (C=O) groups is 1. The average Bonchev–Trinajstić information content (AvgIpc) is 2.75. The van der Waals surface area contributed by atoms with E-state index in [1.54, 1.807) is 0 Å². The van der Waals surface area contributed by atoms with Crippen molar-refractivity contribution in [2.45, 2.75) is 45.1 Å². The maximum atomic E-state index is 11.6. The number of ketones is 1. The molecule has 0 aliphatic heterocycles. The van der Waals surface area contributed by atoms with Crippen molar-refractivity contribution in [1.82, 2.24) is 0 Å². The molecule has 1 N–H and O–H groups in total. The highest BCUT2D eigenvalue weighted by molar-refractivity contribution is 5.97. The standard InChI is InChI=1S/C15H20O3/c1-11-5-6-14(13(9-11)12(2)16)18-10-15(17)7-3-4-8-15/h5-6,9,17H,3-4,7-8,10H2,1-2H3. The van der Waals surface area contributed by atoms with Crippen molar-refractivity contribution in [1.29, 1.82) is 0 Å². The van der Waals surface area contributed by atoms with Crippen molar-refractivity contribution in [3.8, 4) is 5.75 Å². The van der Waals surface area contributed by atoms with E-state index in [1.165, 1.54) is 6.92 Å². The van der Waals surface area contributed by atoms with E-state index in [4.69, 9.17) is 4.74 Å². The van der Waals surface area contributed by atoms with Gasteiger partial charge in [-0.25, -0.2) is 0 Å². The molecule has 0 heterocycles. The van der Waals surface area contributed by atoms with E-state index >= 15 is 0 Å². The quantitative estimate of drug-likeness (QED) is 0.833. The summed E-state index contributed by atoms with van der Waals surface area (Å²) in [6.45, 7) is 3.75. The van der Waals surface area contributed by atoms with Crippen molar-refractivity contribution < 1.29 is 14.6 Å². The molecule has 0 bridgehead atoms. The number of aryl methyl sites for hydroxylation is 1. The first-order chi connectivity index (χ1) is 8.50. The lowest BCUT2D eigenvalue weighted by Crippen LogP contribution is -2.32. The Kier molecular flexibility index (Phi) is 3.71. The summed E-state index contributed by atoms with van der Waals surface area (Å²) in [6, 6.07) is 5.56. The molecule has 0 radical (unpaired) electrons. The van der Waals surface area contributed by atoms with Gasteiger partial charge in [0.05, 0.1) is 11.2 Å². The van der Waals surface area contributed by atoms with Gasteiger partial charge in [-0.15, -0.1) is 0 Å². The third-order valence-corrected chi connectivity index (χ3v) is 3.54. The van der Waals surface area contributed by atoms with Gasteiger partial charge in [-0.2, -0.15) is 0 Å². The Bertz CT molecular complexity index is 445. The summed E-state index contributed by atoms with van der Waals surface area (Å²) in [4.78, 5) is 11.6. The van der Waals surface area contributed by atoms with E-state index in [0.717, 1.165) is 31.2 Å². The highest BCUT2D eigenvalue weighted by Gasteiger charge is 2.32. The number of rotatable bonds is 4. The van der Waals surface area contributed by atoms with Crippen molar-refractivity contribution in [2.75, 3.05) is 6.61 Å². The summed E-state index contributed by atoms with van der Waals surface area (Å²) in [7, 11) is 0. The molecule has 2 rings (SSSR count). The van der Waals surface area contributed by atoms with E-state index in [0.29, 0.717) is 11.3 Å². The summed E-state index contributed by atoms with van der Waals surface area (Å²) in [5.74, 6) is 0.570. The van der Waals surface area contributed by atoms with E-state index in [-0.39, 0.29) is 12.4 Å². The lowest BCUT2D eigenvalue weighted by molar-refractivity contribution is 0.00116. The number of carbonyl (C=O) groups excluding carboxylic acids is 1. The summed E-state index contributed by atoms with van der Waals surface area (Å²) in [5, 5.41) is 10.2. The molecule has 1 fully saturated rings. The van der Waals surface area contributed by atoms with E-state index in [2.05, 4.69) is 0 Å². The lowest BCUT2D eigenvalue weighted by Gasteiger charge is -2.23. The highest BCUT2D eigenvalue weighted by atomic mass is 16.5. The molecule has 3 heteroatoms. The fourth-order valence-electron chi connectivity index (χ4n) is 2.43. The molecule has 1 aromatic carbocycles. The highest BCUT2D eigenvalue weighted by Crippen LogP contribution is 2.31. The molecule has 98 valence electrons. The Morgan fingerprint density at radius 2 is 2.06 bits per heavy atom. The van der Waals surface area contributed by atoms with Crippen LogP contribution in [0, 0.1) is 6.92 Å². The SMILES string of the molecule is CC(=O)c1cc(C)ccc1OCC1(O)CCCC1. The van der Waals surface area contributed by atoms with Crippen LogP contribution < -0.4 is 4.74 Å². The molecule has 3 nitrogen and oxygen atoms in total. The molecule has 1 aromatic rings. The normalized spacial score (nSPS) is 17.7. The smallest absolute Gasteiger partial charge is 0.163 e. The molecular weight excluding hydrogens is 228 g/mol. The minimum atomic E-state index is -0.709. The van der Waals surface area contributed by atoms with Gasteiger partial charge in [0.25, 0.3) is 0 Å². The van der Waals surface area contributed by atoms with Crippen LogP contribution in [0.2, 0.25) is 0 Å². The van der Waals surface area contributed by atoms with Gasteiger partial charge in [0.1, 0.15) is 12.4 Å². The third-order valence-electron chi connectivity index (χ3n) is 3.54. The Labute approximate surface area is 108 Å². The first kappa shape index (κ1) is 13.1. The van der Waals surface area contributed by atoms with Gasteiger partial charge in [-0.1, -0.05) is 24.5 Å². The van der Waals surface area contributed by atoms with Gasteiger partial charge in [0, 0.05) is 0 Å². The second kappa shape index (κ2) is 5.11. The molecule has 0 saturated heterocycles. The molecule has 0 aromatic heterocycles. The van der Waals surface area contributed by atoms with Gasteiger partial charge in [0.15, 0.2) is 5.78 Å². The largest absolute Gasteiger partial charge is 0.490 e. The van der Waals surface area contributed by atoms with Crippen LogP contribution in [0.25, 0.3) is 0 Å². The predicted octanol–water partition coefficient (Wildman–Crippen LogP) is 2.88. The molecule has 0 amide bonds. The Morgan fingerprint density at radius 1 is 1.39 bits per heavy atom. The van der Waals surface area contributed by atoms with Crippen LogP contribution in [0.3, 0.4) is 0 Å². The molecule has 0 unspecified atom stereocenters. The van der Waals surface area contributed by atoms with E-state index in [1.807, 2.05) is 25.1 Å². The summed E-state index contributed by atoms with van der Waals surface area (Å²) in [6.07, 6.45) is 3.67. The minimum Gasteiger partial charge on any atom is -0.490 e. The summed E-state index contributed by atoms with van der Waals surface area (Å²) in [5.41, 5.74) is 0.919. The summed E-state index contributed by atoms with van der Waals surface area (Å²) >= 11 is 0. The zero-order valence-electron chi connectivity index (χ0n) is 11.0. The monoisotopic (exact) mass is 248 g/mol. The van der Waals surface area contributed by atoms with Crippen molar-refractivity contribution in [3.63, 3.8) is 0 Å². The van der Waals surface area contributed by atoms with Crippen molar-refractivity contribution >= 4 is 5.78 Å². The van der Waals surface area contributed by atoms with Crippen molar-refractivity contribution in [2.24, 2.45) is 0 Å². The van der Waals surface area contributed by atoms with Gasteiger partial charge in [-0.3, -0.25) is 4.79 Å². The first-order valence-electron chi connectivity index (χ1n) is 6.47. The topological polar surface area (TPSA) is 46.5 Å². The van der Waals surface area contributed by atoms with Crippen molar-refractivity contribution in [3.05, 3.63) is 29.3 Å². The van der Waals surface area contributed by atoms with Gasteiger partial charge in [0.2, 0.25) is 0 Å². The molecule has 1 saturated carbocycles. The molecule has 1 aliphatic carbocycles. The average molecular weight is 248 g/mol. The fourth-order valence-corrected chi connectivity index (χ4v) is 2.43. The minimum absolute atomic E-state index is 0.00730. The number of Topliss-reactive ketones (excluding diaryl/α,β-unsaturated/α-hetero) is 1. The van der Waals surface area contributed by atoms with Gasteiger partial charge < -0.3 is 9.84 Å². The number of hydrogen-bond acceptors (Lipinski definition) is 3. The van der Waals surface area contributed by atoms with Crippen LogP contribution in [0.15, 0.2) is 18.2 Å². The lowest BCUT2D eigenvalue weighted by atomic mass is 10.0. The number of benzene rings is 1. The molecular formula is C15H20O3. The number of aliphatic hydroxyl groups is 1. The fraction of sp³-hybridized carbons (Fsp3) is 0.533. The maximum Gasteiger partial charge on any atom is 0.163 e. The molecule has 0 spiro atoms. The Morgan fingerprint density at radius 3 is 2.67 bits per heavy atom. The Balaban J connectivity index is 2.11. The zero-order chi connectivity index (χ0) is 13.2. The first-order valence-corrected chi connectivity index (χ1v) is 6.47. The van der Waals surface area contributed by atoms with Crippen LogP contribution >= 0.6 is 0 Å². The second-order valence-corrected chi connectivity index (χ2v) is 5.28. The third kappa shape index (κ3) is 2.91. The van der Waals surface area contributed by atoms with Crippen LogP contribution in [0.1, 0.15) is 48.5 Å². The van der Waals surface area contributed by atoms with Crippen LogP contribution in [0.5, 0.6) is 5.75 Å². The van der Waals surface area contributed by atoms with Gasteiger partial charge >= 0.3 is 0 Å². The summed E-state index contributed by atoms with van der Waals surface area (Å²) < 4.78 is 5.67. The zero-order valence-corrected chi connectivity index (χ0v) is 11.0. The number of hydrogen-bond donors (Lipinski definition) is 1. The van der Waals surface area contributed by atoms with E-state index < -0.39 is 5.60 Å². The maximum absolute atomic E-state index is 11.6. The van der Waals surface area contributed by atoms with Crippen LogP contribution in [-0.4, -0.2) is 23.1 Å². The second-order valence-electron chi connectivity index (χ2n) is 5.28. The molecule has 1 aliphatic rings. The molecule has 0 atom stereocenters. The van der Waals surface area contributed by atoms with E-state index in [9.17, 15) is 9.90 Å². The van der Waals surface area contributed by atoms with Crippen LogP contribution in [-0.2, 0) is 0 Å². The number of ether oxygens (including phenoxy) is 1. The van der Waals surface area contributed by atoms with Gasteiger partial charge in [-0.05, 0) is 38.8 Å². The predicted molar refractivity (Wildman–Crippen MR) is 70.1 cm³/mol. The molecule has 18 heavy (non-hydrogen) atoms. The Hall–Kier alpha value is -1.35. The van der Waals surface area contributed by atoms with Crippen LogP contribution in [0.4, 0.5) is 0 Å².